The van der Waals surface area contributed by atoms with Gasteiger partial charge in [-0.1, -0.05) is 0 Å². The number of rotatable bonds is 6. The van der Waals surface area contributed by atoms with E-state index >= 15 is 0 Å². The van der Waals surface area contributed by atoms with Crippen molar-refractivity contribution in [2.75, 3.05) is 32.1 Å². The highest BCUT2D eigenvalue weighted by Crippen LogP contribution is 2.18. The van der Waals surface area contributed by atoms with E-state index in [9.17, 15) is 0 Å². The highest BCUT2D eigenvalue weighted by molar-refractivity contribution is 5.45. The van der Waals surface area contributed by atoms with Gasteiger partial charge in [0, 0.05) is 25.2 Å². The van der Waals surface area contributed by atoms with Crippen LogP contribution < -0.4 is 10.6 Å². The summed E-state index contributed by atoms with van der Waals surface area (Å²) in [7, 11) is 4.20. The normalized spacial score (nSPS) is 14.6. The zero-order valence-electron chi connectivity index (χ0n) is 12.2. The molecule has 1 heterocycles. The maximum atomic E-state index is 5.82. The topological polar surface area (TPSA) is 45.4 Å². The molecule has 1 aromatic rings. The third kappa shape index (κ3) is 3.96. The van der Waals surface area contributed by atoms with Crippen LogP contribution in [0.4, 0.5) is 5.69 Å². The lowest BCUT2D eigenvalue weighted by Crippen LogP contribution is -2.40. The number of pyridine rings is 1. The number of hydrogen-bond acceptors (Lipinski definition) is 4. The summed E-state index contributed by atoms with van der Waals surface area (Å²) in [5.74, 6) is 0. The van der Waals surface area contributed by atoms with Gasteiger partial charge in [-0.05, 0) is 47.0 Å². The van der Waals surface area contributed by atoms with E-state index in [0.29, 0.717) is 6.04 Å². The lowest BCUT2D eigenvalue weighted by Gasteiger charge is -2.32. The van der Waals surface area contributed by atoms with Crippen molar-refractivity contribution in [3.63, 3.8) is 0 Å². The molecule has 0 fully saturated rings. The first-order valence-electron chi connectivity index (χ1n) is 6.58. The van der Waals surface area contributed by atoms with Crippen LogP contribution in [0.2, 0.25) is 0 Å². The Morgan fingerprint density at radius 3 is 2.33 bits per heavy atom. The summed E-state index contributed by atoms with van der Waals surface area (Å²) in [5.41, 5.74) is 7.92. The van der Waals surface area contributed by atoms with E-state index in [-0.39, 0.29) is 6.04 Å². The van der Waals surface area contributed by atoms with E-state index in [1.165, 1.54) is 0 Å². The Labute approximate surface area is 111 Å². The first-order chi connectivity index (χ1) is 8.45. The number of likely N-dealkylation sites (N-methyl/N-ethyl adjacent to an activating group) is 2. The average molecular weight is 250 g/mol. The summed E-state index contributed by atoms with van der Waals surface area (Å²) in [5, 5.41) is 0. The molecular formula is C14H26N4. The third-order valence-corrected chi connectivity index (χ3v) is 3.07. The van der Waals surface area contributed by atoms with Gasteiger partial charge in [0.1, 0.15) is 0 Å². The Bertz CT molecular complexity index is 345. The average Bonchev–Trinajstić information content (AvgIpc) is 2.29. The number of nitrogens with two attached hydrogens (primary N) is 1. The van der Waals surface area contributed by atoms with Gasteiger partial charge in [0.2, 0.25) is 0 Å². The summed E-state index contributed by atoms with van der Waals surface area (Å²) in [6.07, 6.45) is 1.92. The van der Waals surface area contributed by atoms with E-state index < -0.39 is 0 Å². The van der Waals surface area contributed by atoms with E-state index in [1.54, 1.807) is 0 Å². The van der Waals surface area contributed by atoms with E-state index in [1.807, 2.05) is 19.2 Å². The molecule has 1 unspecified atom stereocenters. The van der Waals surface area contributed by atoms with Crippen LogP contribution in [0.3, 0.4) is 0 Å². The molecule has 18 heavy (non-hydrogen) atoms. The van der Waals surface area contributed by atoms with Crippen LogP contribution in [0, 0.1) is 0 Å². The minimum Gasteiger partial charge on any atom is -0.367 e. The van der Waals surface area contributed by atoms with Crippen LogP contribution >= 0.6 is 0 Å². The van der Waals surface area contributed by atoms with Crippen molar-refractivity contribution in [1.82, 2.24) is 9.88 Å². The number of hydrogen-bond donors (Lipinski definition) is 1. The van der Waals surface area contributed by atoms with Crippen molar-refractivity contribution >= 4 is 5.69 Å². The lowest BCUT2D eigenvalue weighted by molar-refractivity contribution is 0.373. The molecule has 0 radical (unpaired) electrons. The monoisotopic (exact) mass is 250 g/mol. The molecule has 0 aliphatic rings. The molecule has 0 aliphatic heterocycles. The predicted octanol–water partition coefficient (Wildman–Crippen LogP) is 1.88. The van der Waals surface area contributed by atoms with Gasteiger partial charge in [0.05, 0.1) is 17.6 Å². The highest BCUT2D eigenvalue weighted by Gasteiger charge is 2.14. The van der Waals surface area contributed by atoms with Crippen LogP contribution in [0.25, 0.3) is 0 Å². The van der Waals surface area contributed by atoms with Crippen molar-refractivity contribution in [2.24, 2.45) is 5.73 Å². The molecule has 2 atom stereocenters. The van der Waals surface area contributed by atoms with E-state index in [2.05, 4.69) is 48.8 Å². The molecule has 0 spiro atoms. The number of nitrogens with zero attached hydrogens (tertiary/aromatic N) is 3. The predicted molar refractivity (Wildman–Crippen MR) is 77.9 cm³/mol. The minimum atomic E-state index is -0.00618. The molecule has 1 rings (SSSR count). The van der Waals surface area contributed by atoms with Gasteiger partial charge < -0.3 is 15.5 Å². The van der Waals surface area contributed by atoms with Gasteiger partial charge in [-0.25, -0.2) is 0 Å². The zero-order chi connectivity index (χ0) is 13.7. The smallest absolute Gasteiger partial charge is 0.0569 e. The van der Waals surface area contributed by atoms with Crippen LogP contribution in [-0.4, -0.2) is 43.1 Å². The first-order valence-corrected chi connectivity index (χ1v) is 6.58. The molecule has 0 bridgehead atoms. The SMILES string of the molecule is CCN(c1ccc([C@H](C)N)nc1)C(C)CN(C)C. The Hall–Kier alpha value is -1.13. The van der Waals surface area contributed by atoms with Gasteiger partial charge in [-0.2, -0.15) is 0 Å². The molecule has 1 aromatic heterocycles. The van der Waals surface area contributed by atoms with Crippen molar-refractivity contribution in [1.29, 1.82) is 0 Å². The number of aromatic nitrogens is 1. The number of anilines is 1. The molecule has 0 aromatic carbocycles. The molecule has 0 aliphatic carbocycles. The Morgan fingerprint density at radius 2 is 1.94 bits per heavy atom. The molecule has 2 N–H and O–H groups in total. The second kappa shape index (κ2) is 6.71. The standard InChI is InChI=1S/C14H26N4/c1-6-18(11(2)10-17(4)5)13-7-8-14(12(3)15)16-9-13/h7-9,11-12H,6,10,15H2,1-5H3/t11?,12-/m0/s1. The summed E-state index contributed by atoms with van der Waals surface area (Å²) in [6.45, 7) is 8.37. The zero-order valence-corrected chi connectivity index (χ0v) is 12.2. The largest absolute Gasteiger partial charge is 0.367 e. The Morgan fingerprint density at radius 1 is 1.28 bits per heavy atom. The fourth-order valence-corrected chi connectivity index (χ4v) is 2.21. The fourth-order valence-electron chi connectivity index (χ4n) is 2.21. The molecule has 0 amide bonds. The summed E-state index contributed by atoms with van der Waals surface area (Å²) >= 11 is 0. The van der Waals surface area contributed by atoms with Gasteiger partial charge in [0.25, 0.3) is 0 Å². The third-order valence-electron chi connectivity index (χ3n) is 3.07. The van der Waals surface area contributed by atoms with Crippen molar-refractivity contribution in [3.8, 4) is 0 Å². The molecule has 102 valence electrons. The Kier molecular flexibility index (Phi) is 5.56. The maximum absolute atomic E-state index is 5.82. The van der Waals surface area contributed by atoms with Crippen molar-refractivity contribution in [2.45, 2.75) is 32.9 Å². The molecular weight excluding hydrogens is 224 g/mol. The maximum Gasteiger partial charge on any atom is 0.0569 e. The van der Waals surface area contributed by atoms with Gasteiger partial charge in [-0.3, -0.25) is 4.98 Å². The molecule has 4 nitrogen and oxygen atoms in total. The first kappa shape index (κ1) is 14.9. The second-order valence-corrected chi connectivity index (χ2v) is 5.13. The molecule has 0 saturated carbocycles. The van der Waals surface area contributed by atoms with Gasteiger partial charge in [0.15, 0.2) is 0 Å². The Balaban J connectivity index is 2.81. The fraction of sp³-hybridized carbons (Fsp3) is 0.643. The minimum absolute atomic E-state index is 0.00618. The van der Waals surface area contributed by atoms with Crippen molar-refractivity contribution < 1.29 is 0 Å². The summed E-state index contributed by atoms with van der Waals surface area (Å²) < 4.78 is 0. The molecule has 0 saturated heterocycles. The lowest BCUT2D eigenvalue weighted by atomic mass is 10.2. The molecule has 4 heteroatoms. The highest BCUT2D eigenvalue weighted by atomic mass is 15.2. The quantitative estimate of drug-likeness (QED) is 0.837. The van der Waals surface area contributed by atoms with Crippen LogP contribution in [0.1, 0.15) is 32.5 Å². The van der Waals surface area contributed by atoms with Crippen LogP contribution in [0.5, 0.6) is 0 Å². The van der Waals surface area contributed by atoms with Crippen LogP contribution in [0.15, 0.2) is 18.3 Å². The summed E-state index contributed by atoms with van der Waals surface area (Å²) in [6, 6.07) is 4.59. The second-order valence-electron chi connectivity index (χ2n) is 5.13. The van der Waals surface area contributed by atoms with Crippen LogP contribution in [-0.2, 0) is 0 Å². The van der Waals surface area contributed by atoms with Gasteiger partial charge in [-0.15, -0.1) is 0 Å². The van der Waals surface area contributed by atoms with E-state index in [4.69, 9.17) is 5.73 Å². The van der Waals surface area contributed by atoms with Crippen molar-refractivity contribution in [3.05, 3.63) is 24.0 Å². The summed E-state index contributed by atoms with van der Waals surface area (Å²) in [4.78, 5) is 8.99. The van der Waals surface area contributed by atoms with Gasteiger partial charge >= 0.3 is 0 Å². The van der Waals surface area contributed by atoms with E-state index in [0.717, 1.165) is 24.5 Å².